The molecule has 0 unspecified atom stereocenters. The molecule has 1 fully saturated rings. The van der Waals surface area contributed by atoms with E-state index in [1.54, 1.807) is 24.3 Å². The highest BCUT2D eigenvalue weighted by molar-refractivity contribution is 5.85. The number of nitrogens with zero attached hydrogens (tertiary/aromatic N) is 1. The van der Waals surface area contributed by atoms with Crippen LogP contribution in [0.5, 0.6) is 5.75 Å². The molecule has 0 bridgehead atoms. The average Bonchev–Trinajstić information content (AvgIpc) is 2.59. The molecule has 2 aromatic carbocycles. The SMILES string of the molecule is Cc1ccc(F)c([C@@H](c2ccc(OC(F)(F)F)cc2)N2CCNCC2)c1.Cl.Cl. The van der Waals surface area contributed by atoms with E-state index in [4.69, 9.17) is 0 Å². The van der Waals surface area contributed by atoms with Gasteiger partial charge in [-0.3, -0.25) is 4.90 Å². The third-order valence-corrected chi connectivity index (χ3v) is 4.39. The summed E-state index contributed by atoms with van der Waals surface area (Å²) < 4.78 is 55.6. The number of nitrogens with one attached hydrogen (secondary N) is 1. The van der Waals surface area contributed by atoms with E-state index in [1.807, 2.05) is 6.92 Å². The fourth-order valence-electron chi connectivity index (χ4n) is 3.25. The van der Waals surface area contributed by atoms with E-state index in [0.29, 0.717) is 5.56 Å². The summed E-state index contributed by atoms with van der Waals surface area (Å²) in [4.78, 5) is 2.13. The molecule has 0 spiro atoms. The minimum absolute atomic E-state index is 0. The van der Waals surface area contributed by atoms with Crippen molar-refractivity contribution in [3.63, 3.8) is 0 Å². The lowest BCUT2D eigenvalue weighted by molar-refractivity contribution is -0.274. The molecule has 9 heteroatoms. The molecule has 1 saturated heterocycles. The van der Waals surface area contributed by atoms with Gasteiger partial charge in [-0.2, -0.15) is 0 Å². The van der Waals surface area contributed by atoms with Crippen LogP contribution in [0.1, 0.15) is 22.7 Å². The quantitative estimate of drug-likeness (QED) is 0.686. The fourth-order valence-corrected chi connectivity index (χ4v) is 3.25. The Morgan fingerprint density at radius 2 is 1.61 bits per heavy atom. The Morgan fingerprint density at radius 1 is 1.00 bits per heavy atom. The van der Waals surface area contributed by atoms with Crippen LogP contribution in [-0.2, 0) is 0 Å². The van der Waals surface area contributed by atoms with E-state index in [0.717, 1.165) is 37.3 Å². The number of hydrogen-bond acceptors (Lipinski definition) is 3. The van der Waals surface area contributed by atoms with Gasteiger partial charge in [0.15, 0.2) is 0 Å². The number of aryl methyl sites for hydroxylation is 1. The highest BCUT2D eigenvalue weighted by atomic mass is 35.5. The van der Waals surface area contributed by atoms with Gasteiger partial charge in [0.1, 0.15) is 11.6 Å². The van der Waals surface area contributed by atoms with Gasteiger partial charge in [-0.1, -0.05) is 29.8 Å². The maximum Gasteiger partial charge on any atom is 0.573 e. The molecular formula is C19H22Cl2F4N2O. The van der Waals surface area contributed by atoms with Crippen LogP contribution in [0.3, 0.4) is 0 Å². The largest absolute Gasteiger partial charge is 0.573 e. The highest BCUT2D eigenvalue weighted by Gasteiger charge is 2.31. The summed E-state index contributed by atoms with van der Waals surface area (Å²) in [5.41, 5.74) is 2.18. The Balaban J connectivity index is 0.00000196. The van der Waals surface area contributed by atoms with Crippen LogP contribution in [0.25, 0.3) is 0 Å². The molecule has 3 rings (SSSR count). The molecule has 0 amide bonds. The molecule has 0 aliphatic carbocycles. The van der Waals surface area contributed by atoms with E-state index >= 15 is 0 Å². The van der Waals surface area contributed by atoms with Crippen LogP contribution in [0.4, 0.5) is 17.6 Å². The van der Waals surface area contributed by atoms with Crippen LogP contribution < -0.4 is 10.1 Å². The molecule has 28 heavy (non-hydrogen) atoms. The average molecular weight is 441 g/mol. The number of rotatable bonds is 4. The van der Waals surface area contributed by atoms with Gasteiger partial charge in [-0.15, -0.1) is 38.0 Å². The normalized spacial score (nSPS) is 15.9. The van der Waals surface area contributed by atoms with Crippen molar-refractivity contribution in [3.8, 4) is 5.75 Å². The molecule has 2 aromatic rings. The predicted molar refractivity (Wildman–Crippen MR) is 105 cm³/mol. The van der Waals surface area contributed by atoms with Crippen molar-refractivity contribution < 1.29 is 22.3 Å². The minimum Gasteiger partial charge on any atom is -0.406 e. The molecule has 1 heterocycles. The zero-order chi connectivity index (χ0) is 18.7. The van der Waals surface area contributed by atoms with Crippen molar-refractivity contribution in [1.29, 1.82) is 0 Å². The number of hydrogen-bond donors (Lipinski definition) is 1. The number of halogens is 6. The molecule has 1 aliphatic rings. The highest BCUT2D eigenvalue weighted by Crippen LogP contribution is 2.33. The van der Waals surface area contributed by atoms with Gasteiger partial charge in [-0.25, -0.2) is 4.39 Å². The van der Waals surface area contributed by atoms with Crippen molar-refractivity contribution in [2.45, 2.75) is 19.3 Å². The van der Waals surface area contributed by atoms with E-state index in [2.05, 4.69) is 15.0 Å². The summed E-state index contributed by atoms with van der Waals surface area (Å²) in [6.07, 6.45) is -4.73. The fraction of sp³-hybridized carbons (Fsp3) is 0.368. The van der Waals surface area contributed by atoms with Gasteiger partial charge < -0.3 is 10.1 Å². The van der Waals surface area contributed by atoms with Crippen molar-refractivity contribution in [3.05, 3.63) is 65.0 Å². The summed E-state index contributed by atoms with van der Waals surface area (Å²) in [5, 5.41) is 3.25. The lowest BCUT2D eigenvalue weighted by Crippen LogP contribution is -2.45. The summed E-state index contributed by atoms with van der Waals surface area (Å²) >= 11 is 0. The van der Waals surface area contributed by atoms with E-state index in [1.165, 1.54) is 18.2 Å². The smallest absolute Gasteiger partial charge is 0.406 e. The van der Waals surface area contributed by atoms with Gasteiger partial charge in [-0.05, 0) is 30.7 Å². The Labute approximate surface area is 173 Å². The van der Waals surface area contributed by atoms with Gasteiger partial charge in [0, 0.05) is 31.7 Å². The first kappa shape index (κ1) is 24.5. The van der Waals surface area contributed by atoms with Crippen LogP contribution in [0.15, 0.2) is 42.5 Å². The second-order valence-electron chi connectivity index (χ2n) is 6.33. The van der Waals surface area contributed by atoms with E-state index < -0.39 is 6.36 Å². The monoisotopic (exact) mass is 440 g/mol. The summed E-state index contributed by atoms with van der Waals surface area (Å²) in [6.45, 7) is 4.88. The predicted octanol–water partition coefficient (Wildman–Crippen LogP) is 4.87. The third kappa shape index (κ3) is 6.24. The van der Waals surface area contributed by atoms with Gasteiger partial charge in [0.25, 0.3) is 0 Å². The van der Waals surface area contributed by atoms with Crippen LogP contribution in [0.2, 0.25) is 0 Å². The van der Waals surface area contributed by atoms with Crippen LogP contribution in [0, 0.1) is 12.7 Å². The molecule has 3 nitrogen and oxygen atoms in total. The Morgan fingerprint density at radius 3 is 2.18 bits per heavy atom. The molecule has 0 aromatic heterocycles. The van der Waals surface area contributed by atoms with Crippen molar-refractivity contribution in [1.82, 2.24) is 10.2 Å². The summed E-state index contributed by atoms with van der Waals surface area (Å²) in [7, 11) is 0. The molecule has 0 saturated carbocycles. The maximum absolute atomic E-state index is 14.5. The van der Waals surface area contributed by atoms with Crippen LogP contribution in [-0.4, -0.2) is 37.4 Å². The minimum atomic E-state index is -4.73. The first-order valence-corrected chi connectivity index (χ1v) is 8.40. The summed E-state index contributed by atoms with van der Waals surface area (Å²) in [6, 6.07) is 10.2. The molecular weight excluding hydrogens is 419 g/mol. The van der Waals surface area contributed by atoms with Crippen LogP contribution >= 0.6 is 24.8 Å². The van der Waals surface area contributed by atoms with Gasteiger partial charge in [0.2, 0.25) is 0 Å². The molecule has 0 radical (unpaired) electrons. The Bertz CT molecular complexity index is 751. The number of alkyl halides is 3. The molecule has 1 N–H and O–H groups in total. The molecule has 1 atom stereocenters. The lowest BCUT2D eigenvalue weighted by Gasteiger charge is -2.36. The molecule has 156 valence electrons. The third-order valence-electron chi connectivity index (χ3n) is 4.39. The zero-order valence-electron chi connectivity index (χ0n) is 15.1. The Hall–Kier alpha value is -1.54. The second-order valence-corrected chi connectivity index (χ2v) is 6.33. The number of piperazine rings is 1. The topological polar surface area (TPSA) is 24.5 Å². The molecule has 1 aliphatic heterocycles. The zero-order valence-corrected chi connectivity index (χ0v) is 16.8. The first-order valence-electron chi connectivity index (χ1n) is 8.40. The standard InChI is InChI=1S/C19H20F4N2O.2ClH/c1-13-2-7-17(20)16(12-13)18(25-10-8-24-9-11-25)14-3-5-15(6-4-14)26-19(21,22)23;;/h2-7,12,18,24H,8-11H2,1H3;2*1H/t18-;;/m1../s1. The van der Waals surface area contributed by atoms with Gasteiger partial charge >= 0.3 is 6.36 Å². The van der Waals surface area contributed by atoms with E-state index in [9.17, 15) is 17.6 Å². The van der Waals surface area contributed by atoms with Crippen molar-refractivity contribution in [2.75, 3.05) is 26.2 Å². The lowest BCUT2D eigenvalue weighted by atomic mass is 9.94. The van der Waals surface area contributed by atoms with Gasteiger partial charge in [0.05, 0.1) is 6.04 Å². The summed E-state index contributed by atoms with van der Waals surface area (Å²) in [5.74, 6) is -0.611. The number of ether oxygens (including phenoxy) is 1. The second kappa shape index (κ2) is 10.3. The van der Waals surface area contributed by atoms with Crippen molar-refractivity contribution >= 4 is 24.8 Å². The Kier molecular flexibility index (Phi) is 9.01. The maximum atomic E-state index is 14.5. The van der Waals surface area contributed by atoms with Crippen molar-refractivity contribution in [2.24, 2.45) is 0 Å². The van der Waals surface area contributed by atoms with E-state index in [-0.39, 0.29) is 42.4 Å². The number of benzene rings is 2. The first-order chi connectivity index (χ1) is 12.3.